The molecule has 0 bridgehead atoms. The molecule has 21 heavy (non-hydrogen) atoms. The molecular weight excluding hydrogens is 313 g/mol. The van der Waals surface area contributed by atoms with Crippen molar-refractivity contribution in [3.8, 4) is 0 Å². The summed E-state index contributed by atoms with van der Waals surface area (Å²) < 4.78 is 1.73. The first-order valence-corrected chi connectivity index (χ1v) is 6.85. The van der Waals surface area contributed by atoms with Gasteiger partial charge < -0.3 is 9.80 Å². The fraction of sp³-hybridized carbons (Fsp3) is 0.769. The minimum Gasteiger partial charge on any atom is -0.343 e. The third kappa shape index (κ3) is 5.45. The van der Waals surface area contributed by atoms with Gasteiger partial charge in [0.2, 0.25) is 5.91 Å². The fourth-order valence-corrected chi connectivity index (χ4v) is 2.55. The Labute approximate surface area is 138 Å². The monoisotopic (exact) mass is 337 g/mol. The number of aryl methyl sites for hydroxylation is 2. The molecule has 1 fully saturated rings. The number of carbonyl (C=O) groups excluding carboxylic acids is 1. The molecule has 122 valence electrons. The average Bonchev–Trinajstić information content (AvgIpc) is 2.81. The van der Waals surface area contributed by atoms with Gasteiger partial charge in [0.1, 0.15) is 12.2 Å². The Kier molecular flexibility index (Phi) is 8.85. The molecule has 8 heteroatoms. The summed E-state index contributed by atoms with van der Waals surface area (Å²) in [7, 11) is 6.07. The minimum atomic E-state index is 0. The maximum Gasteiger partial charge on any atom is 0.223 e. The highest BCUT2D eigenvalue weighted by atomic mass is 35.5. The maximum absolute atomic E-state index is 12.1. The van der Waals surface area contributed by atoms with Gasteiger partial charge in [-0.1, -0.05) is 0 Å². The largest absolute Gasteiger partial charge is 0.343 e. The van der Waals surface area contributed by atoms with E-state index in [1.165, 1.54) is 6.33 Å². The van der Waals surface area contributed by atoms with E-state index in [0.29, 0.717) is 18.9 Å². The zero-order chi connectivity index (χ0) is 13.8. The molecule has 6 nitrogen and oxygen atoms in total. The molecule has 2 rings (SSSR count). The van der Waals surface area contributed by atoms with Crippen molar-refractivity contribution in [1.29, 1.82) is 0 Å². The van der Waals surface area contributed by atoms with Crippen LogP contribution in [0.3, 0.4) is 0 Å². The lowest BCUT2D eigenvalue weighted by atomic mass is 10.0. The third-order valence-corrected chi connectivity index (χ3v) is 3.92. The first-order valence-electron chi connectivity index (χ1n) is 6.85. The lowest BCUT2D eigenvalue weighted by Crippen LogP contribution is -2.44. The van der Waals surface area contributed by atoms with E-state index in [2.05, 4.69) is 29.1 Å². The van der Waals surface area contributed by atoms with Gasteiger partial charge in [-0.05, 0) is 26.9 Å². The van der Waals surface area contributed by atoms with Gasteiger partial charge in [-0.25, -0.2) is 4.98 Å². The van der Waals surface area contributed by atoms with E-state index >= 15 is 0 Å². The Bertz CT molecular complexity index is 430. The van der Waals surface area contributed by atoms with Crippen molar-refractivity contribution in [2.75, 3.05) is 27.2 Å². The van der Waals surface area contributed by atoms with Crippen molar-refractivity contribution in [3.05, 3.63) is 12.2 Å². The van der Waals surface area contributed by atoms with Crippen molar-refractivity contribution in [2.24, 2.45) is 7.05 Å². The number of halogens is 2. The second-order valence-corrected chi connectivity index (χ2v) is 5.38. The first kappa shape index (κ1) is 20.1. The first-order chi connectivity index (χ1) is 9.08. The van der Waals surface area contributed by atoms with Crippen molar-refractivity contribution in [2.45, 2.75) is 31.7 Å². The molecule has 0 saturated carbocycles. The van der Waals surface area contributed by atoms with E-state index in [9.17, 15) is 4.79 Å². The number of nitrogens with zero attached hydrogens (tertiary/aromatic N) is 5. The molecule has 0 N–H and O–H groups in total. The van der Waals surface area contributed by atoms with Crippen LogP contribution in [0.1, 0.15) is 25.1 Å². The molecule has 0 unspecified atom stereocenters. The van der Waals surface area contributed by atoms with Gasteiger partial charge in [-0.2, -0.15) is 5.10 Å². The van der Waals surface area contributed by atoms with E-state index in [4.69, 9.17) is 0 Å². The van der Waals surface area contributed by atoms with Crippen LogP contribution in [0.4, 0.5) is 0 Å². The lowest BCUT2D eigenvalue weighted by Gasteiger charge is -2.35. The standard InChI is InChI=1S/C13H23N5O.2ClH/c1-16(2)11-6-8-18(9-7-11)13(19)5-4-12-14-10-15-17(12)3;;/h10-11H,4-9H2,1-3H3;2*1H. The van der Waals surface area contributed by atoms with Crippen LogP contribution in [0.25, 0.3) is 0 Å². The van der Waals surface area contributed by atoms with E-state index in [1.807, 2.05) is 11.9 Å². The van der Waals surface area contributed by atoms with Gasteiger partial charge in [0, 0.05) is 39.0 Å². The molecule has 1 aliphatic rings. The second-order valence-electron chi connectivity index (χ2n) is 5.38. The molecule has 0 radical (unpaired) electrons. The molecule has 1 aromatic heterocycles. The average molecular weight is 338 g/mol. The summed E-state index contributed by atoms with van der Waals surface area (Å²) in [6, 6.07) is 0.614. The molecule has 1 aromatic rings. The number of aromatic nitrogens is 3. The summed E-state index contributed by atoms with van der Waals surface area (Å²) in [5, 5.41) is 4.01. The van der Waals surface area contributed by atoms with Gasteiger partial charge in [0.15, 0.2) is 0 Å². The van der Waals surface area contributed by atoms with Crippen molar-refractivity contribution in [1.82, 2.24) is 24.6 Å². The predicted octanol–water partition coefficient (Wildman–Crippen LogP) is 1.14. The van der Waals surface area contributed by atoms with Crippen LogP contribution in [0.2, 0.25) is 0 Å². The maximum atomic E-state index is 12.1. The second kappa shape index (κ2) is 9.23. The minimum absolute atomic E-state index is 0. The van der Waals surface area contributed by atoms with Gasteiger partial charge in [0.05, 0.1) is 0 Å². The Balaban J connectivity index is 0.00000200. The van der Waals surface area contributed by atoms with Crippen LogP contribution in [0.5, 0.6) is 0 Å². The molecular formula is C13H25Cl2N5O. The SMILES string of the molecule is CN(C)C1CCN(C(=O)CCc2ncnn2C)CC1.Cl.Cl. The predicted molar refractivity (Wildman–Crippen MR) is 87.1 cm³/mol. The van der Waals surface area contributed by atoms with E-state index in [-0.39, 0.29) is 30.7 Å². The number of carbonyl (C=O) groups is 1. The summed E-state index contributed by atoms with van der Waals surface area (Å²) in [6.07, 6.45) is 4.87. The normalized spacial score (nSPS) is 15.5. The zero-order valence-corrected chi connectivity index (χ0v) is 14.5. The molecule has 0 atom stereocenters. The summed E-state index contributed by atoms with van der Waals surface area (Å²) in [4.78, 5) is 20.5. The zero-order valence-electron chi connectivity index (χ0n) is 12.9. The number of piperidine rings is 1. The molecule has 1 aliphatic heterocycles. The van der Waals surface area contributed by atoms with Crippen LogP contribution in [0, 0.1) is 0 Å². The summed E-state index contributed by atoms with van der Waals surface area (Å²) in [6.45, 7) is 1.75. The van der Waals surface area contributed by atoms with Gasteiger partial charge in [0.25, 0.3) is 0 Å². The quantitative estimate of drug-likeness (QED) is 0.826. The van der Waals surface area contributed by atoms with Crippen molar-refractivity contribution in [3.63, 3.8) is 0 Å². The van der Waals surface area contributed by atoms with Crippen molar-refractivity contribution >= 4 is 30.7 Å². The van der Waals surface area contributed by atoms with Crippen LogP contribution in [-0.2, 0) is 18.3 Å². The lowest BCUT2D eigenvalue weighted by molar-refractivity contribution is -0.132. The number of hydrogen-bond donors (Lipinski definition) is 0. The van der Waals surface area contributed by atoms with Crippen LogP contribution >= 0.6 is 24.8 Å². The highest BCUT2D eigenvalue weighted by molar-refractivity contribution is 5.85. The Hall–Kier alpha value is -0.850. The molecule has 2 heterocycles. The highest BCUT2D eigenvalue weighted by Gasteiger charge is 2.23. The summed E-state index contributed by atoms with van der Waals surface area (Å²) in [5.41, 5.74) is 0. The summed E-state index contributed by atoms with van der Waals surface area (Å²) >= 11 is 0. The van der Waals surface area contributed by atoms with Crippen LogP contribution in [0.15, 0.2) is 6.33 Å². The molecule has 0 spiro atoms. The Morgan fingerprint density at radius 2 is 1.95 bits per heavy atom. The van der Waals surface area contributed by atoms with Gasteiger partial charge in [-0.3, -0.25) is 9.48 Å². The van der Waals surface area contributed by atoms with E-state index < -0.39 is 0 Å². The number of rotatable bonds is 4. The molecule has 1 amide bonds. The number of amides is 1. The highest BCUT2D eigenvalue weighted by Crippen LogP contribution is 2.15. The van der Waals surface area contributed by atoms with Crippen LogP contribution < -0.4 is 0 Å². The Morgan fingerprint density at radius 3 is 2.43 bits per heavy atom. The smallest absolute Gasteiger partial charge is 0.223 e. The number of likely N-dealkylation sites (tertiary alicyclic amines) is 1. The molecule has 0 aromatic carbocycles. The van der Waals surface area contributed by atoms with E-state index in [0.717, 1.165) is 31.8 Å². The topological polar surface area (TPSA) is 54.3 Å². The van der Waals surface area contributed by atoms with Gasteiger partial charge in [-0.15, -0.1) is 24.8 Å². The Morgan fingerprint density at radius 1 is 1.33 bits per heavy atom. The number of hydrogen-bond acceptors (Lipinski definition) is 4. The van der Waals surface area contributed by atoms with Gasteiger partial charge >= 0.3 is 0 Å². The third-order valence-electron chi connectivity index (χ3n) is 3.92. The van der Waals surface area contributed by atoms with E-state index in [1.54, 1.807) is 4.68 Å². The molecule has 1 saturated heterocycles. The summed E-state index contributed by atoms with van der Waals surface area (Å²) in [5.74, 6) is 1.11. The van der Waals surface area contributed by atoms with Crippen LogP contribution in [-0.4, -0.2) is 63.7 Å². The van der Waals surface area contributed by atoms with Crippen molar-refractivity contribution < 1.29 is 4.79 Å². The molecule has 0 aliphatic carbocycles. The fourth-order valence-electron chi connectivity index (χ4n) is 2.55.